The molecule has 0 aliphatic rings. The fraction of sp³-hybridized carbons (Fsp3) is 0.273. The molecular formula is C11H11ClFNO. The van der Waals surface area contributed by atoms with Gasteiger partial charge in [0.05, 0.1) is 10.5 Å². The van der Waals surface area contributed by atoms with E-state index >= 15 is 0 Å². The summed E-state index contributed by atoms with van der Waals surface area (Å²) in [6, 6.07) is 2.75. The van der Waals surface area contributed by atoms with Gasteiger partial charge in [-0.1, -0.05) is 11.6 Å². The molecular weight excluding hydrogens is 217 g/mol. The number of aromatic nitrogens is 1. The van der Waals surface area contributed by atoms with Crippen molar-refractivity contribution in [2.75, 3.05) is 6.61 Å². The molecule has 1 aromatic heterocycles. The van der Waals surface area contributed by atoms with Gasteiger partial charge in [0.15, 0.2) is 0 Å². The van der Waals surface area contributed by atoms with Gasteiger partial charge in [0, 0.05) is 18.2 Å². The number of hydrogen-bond donors (Lipinski definition) is 2. The molecule has 0 unspecified atom stereocenters. The number of rotatable bonds is 3. The maximum Gasteiger partial charge on any atom is 0.125 e. The second kappa shape index (κ2) is 4.21. The van der Waals surface area contributed by atoms with E-state index in [0.717, 1.165) is 22.9 Å². The highest BCUT2D eigenvalue weighted by Crippen LogP contribution is 2.27. The molecule has 80 valence electrons. The van der Waals surface area contributed by atoms with Crippen LogP contribution in [0.1, 0.15) is 12.0 Å². The van der Waals surface area contributed by atoms with Crippen molar-refractivity contribution < 1.29 is 9.50 Å². The molecule has 2 nitrogen and oxygen atoms in total. The number of H-pyrrole nitrogens is 1. The third-order valence-electron chi connectivity index (χ3n) is 2.40. The fourth-order valence-corrected chi connectivity index (χ4v) is 1.95. The number of aliphatic hydroxyl groups excluding tert-OH is 1. The van der Waals surface area contributed by atoms with Crippen LogP contribution in [0.4, 0.5) is 4.39 Å². The zero-order valence-corrected chi connectivity index (χ0v) is 8.81. The average Bonchev–Trinajstić information content (AvgIpc) is 2.58. The molecule has 0 aliphatic carbocycles. The lowest BCUT2D eigenvalue weighted by Crippen LogP contribution is -1.88. The lowest BCUT2D eigenvalue weighted by molar-refractivity contribution is 0.289. The Morgan fingerprint density at radius 3 is 2.93 bits per heavy atom. The number of halogens is 2. The molecule has 1 heterocycles. The summed E-state index contributed by atoms with van der Waals surface area (Å²) in [5.74, 6) is -0.336. The van der Waals surface area contributed by atoms with Gasteiger partial charge >= 0.3 is 0 Å². The quantitative estimate of drug-likeness (QED) is 0.831. The Labute approximate surface area is 91.7 Å². The third-order valence-corrected chi connectivity index (χ3v) is 2.69. The van der Waals surface area contributed by atoms with Crippen LogP contribution >= 0.6 is 11.6 Å². The second-order valence-electron chi connectivity index (χ2n) is 3.45. The predicted molar refractivity (Wildman–Crippen MR) is 58.7 cm³/mol. The Kier molecular flexibility index (Phi) is 2.93. The highest BCUT2D eigenvalue weighted by Gasteiger charge is 2.08. The van der Waals surface area contributed by atoms with Gasteiger partial charge in [-0.05, 0) is 30.5 Å². The van der Waals surface area contributed by atoms with Crippen LogP contribution in [0.15, 0.2) is 18.3 Å². The van der Waals surface area contributed by atoms with E-state index in [0.29, 0.717) is 11.4 Å². The van der Waals surface area contributed by atoms with Gasteiger partial charge in [-0.25, -0.2) is 4.39 Å². The summed E-state index contributed by atoms with van der Waals surface area (Å²) in [6.07, 6.45) is 3.20. The molecule has 0 amide bonds. The highest BCUT2D eigenvalue weighted by molar-refractivity contribution is 6.35. The van der Waals surface area contributed by atoms with Crippen molar-refractivity contribution in [3.63, 3.8) is 0 Å². The molecule has 0 saturated carbocycles. The van der Waals surface area contributed by atoms with Gasteiger partial charge in [0.2, 0.25) is 0 Å². The Morgan fingerprint density at radius 2 is 2.20 bits per heavy atom. The maximum absolute atomic E-state index is 13.1. The third kappa shape index (κ3) is 1.98. The van der Waals surface area contributed by atoms with Crippen LogP contribution < -0.4 is 0 Å². The second-order valence-corrected chi connectivity index (χ2v) is 3.86. The van der Waals surface area contributed by atoms with Crippen LogP contribution in [0.25, 0.3) is 10.9 Å². The topological polar surface area (TPSA) is 36.0 Å². The zero-order chi connectivity index (χ0) is 10.8. The summed E-state index contributed by atoms with van der Waals surface area (Å²) in [6.45, 7) is 0.135. The van der Waals surface area contributed by atoms with Crippen LogP contribution in [0, 0.1) is 5.82 Å². The summed E-state index contributed by atoms with van der Waals surface area (Å²) in [4.78, 5) is 3.01. The molecule has 2 rings (SSSR count). The standard InChI is InChI=1S/C11H11ClFNO/c12-10-5-8(13)4-9-7(2-1-3-15)6-14-11(9)10/h4-6,14-15H,1-3H2. The van der Waals surface area contributed by atoms with Crippen molar-refractivity contribution in [1.29, 1.82) is 0 Å². The number of aromatic amines is 1. The van der Waals surface area contributed by atoms with E-state index in [9.17, 15) is 4.39 Å². The van der Waals surface area contributed by atoms with Gasteiger partial charge < -0.3 is 10.1 Å². The van der Waals surface area contributed by atoms with E-state index in [4.69, 9.17) is 16.7 Å². The number of aliphatic hydroxyl groups is 1. The van der Waals surface area contributed by atoms with E-state index < -0.39 is 0 Å². The number of aryl methyl sites for hydroxylation is 1. The van der Waals surface area contributed by atoms with Crippen molar-refractivity contribution in [2.24, 2.45) is 0 Å². The van der Waals surface area contributed by atoms with E-state index in [1.165, 1.54) is 12.1 Å². The Morgan fingerprint density at radius 1 is 1.40 bits per heavy atom. The molecule has 0 saturated heterocycles. The normalized spacial score (nSPS) is 11.1. The largest absolute Gasteiger partial charge is 0.396 e. The minimum Gasteiger partial charge on any atom is -0.396 e. The summed E-state index contributed by atoms with van der Waals surface area (Å²) < 4.78 is 13.1. The Hall–Kier alpha value is -1.06. The molecule has 15 heavy (non-hydrogen) atoms. The van der Waals surface area contributed by atoms with Crippen molar-refractivity contribution >= 4 is 22.5 Å². The van der Waals surface area contributed by atoms with E-state index in [-0.39, 0.29) is 12.4 Å². The van der Waals surface area contributed by atoms with Crippen LogP contribution in [0.3, 0.4) is 0 Å². The molecule has 0 spiro atoms. The smallest absolute Gasteiger partial charge is 0.125 e. The molecule has 0 radical (unpaired) electrons. The molecule has 1 aromatic carbocycles. The lowest BCUT2D eigenvalue weighted by Gasteiger charge is -1.98. The predicted octanol–water partition coefficient (Wildman–Crippen LogP) is 2.89. The molecule has 2 N–H and O–H groups in total. The Balaban J connectivity index is 2.49. The molecule has 0 aliphatic heterocycles. The first-order valence-electron chi connectivity index (χ1n) is 4.78. The lowest BCUT2D eigenvalue weighted by atomic mass is 10.1. The van der Waals surface area contributed by atoms with Gasteiger partial charge in [0.1, 0.15) is 5.82 Å². The SMILES string of the molecule is OCCCc1c[nH]c2c(Cl)cc(F)cc12. The minimum absolute atomic E-state index is 0.135. The van der Waals surface area contributed by atoms with Crippen LogP contribution in [-0.2, 0) is 6.42 Å². The number of nitrogens with one attached hydrogen (secondary N) is 1. The van der Waals surface area contributed by atoms with E-state index in [1.807, 2.05) is 6.20 Å². The first kappa shape index (κ1) is 10.5. The molecule has 4 heteroatoms. The fourth-order valence-electron chi connectivity index (χ4n) is 1.69. The van der Waals surface area contributed by atoms with Crippen molar-refractivity contribution in [3.05, 3.63) is 34.7 Å². The number of benzene rings is 1. The van der Waals surface area contributed by atoms with Gasteiger partial charge in [0.25, 0.3) is 0 Å². The van der Waals surface area contributed by atoms with Crippen LogP contribution in [0.5, 0.6) is 0 Å². The minimum atomic E-state index is -0.336. The molecule has 0 fully saturated rings. The average molecular weight is 228 g/mol. The maximum atomic E-state index is 13.1. The van der Waals surface area contributed by atoms with Gasteiger partial charge in [-0.2, -0.15) is 0 Å². The van der Waals surface area contributed by atoms with Crippen LogP contribution in [-0.4, -0.2) is 16.7 Å². The van der Waals surface area contributed by atoms with E-state index in [2.05, 4.69) is 4.98 Å². The Bertz CT molecular complexity index is 481. The number of hydrogen-bond acceptors (Lipinski definition) is 1. The van der Waals surface area contributed by atoms with Gasteiger partial charge in [-0.15, -0.1) is 0 Å². The van der Waals surface area contributed by atoms with Crippen molar-refractivity contribution in [1.82, 2.24) is 4.98 Å². The highest BCUT2D eigenvalue weighted by atomic mass is 35.5. The molecule has 0 bridgehead atoms. The van der Waals surface area contributed by atoms with Gasteiger partial charge in [-0.3, -0.25) is 0 Å². The first-order chi connectivity index (χ1) is 7.22. The van der Waals surface area contributed by atoms with Crippen molar-refractivity contribution in [2.45, 2.75) is 12.8 Å². The molecule has 0 atom stereocenters. The molecule has 2 aromatic rings. The summed E-state index contributed by atoms with van der Waals surface area (Å²) in [5, 5.41) is 9.92. The van der Waals surface area contributed by atoms with Crippen LogP contribution in [0.2, 0.25) is 5.02 Å². The summed E-state index contributed by atoms with van der Waals surface area (Å²) in [5.41, 5.74) is 1.74. The zero-order valence-electron chi connectivity index (χ0n) is 8.06. The monoisotopic (exact) mass is 227 g/mol. The summed E-state index contributed by atoms with van der Waals surface area (Å²) in [7, 11) is 0. The summed E-state index contributed by atoms with van der Waals surface area (Å²) >= 11 is 5.89. The first-order valence-corrected chi connectivity index (χ1v) is 5.16. The van der Waals surface area contributed by atoms with E-state index in [1.54, 1.807) is 0 Å². The van der Waals surface area contributed by atoms with Crippen molar-refractivity contribution in [3.8, 4) is 0 Å². The number of fused-ring (bicyclic) bond motifs is 1.